The van der Waals surface area contributed by atoms with E-state index in [9.17, 15) is 0 Å². The molecule has 1 unspecified atom stereocenters. The fourth-order valence-corrected chi connectivity index (χ4v) is 1.98. The number of nitrogens with zero attached hydrogens (tertiary/aromatic N) is 1. The van der Waals surface area contributed by atoms with E-state index in [0.717, 1.165) is 5.56 Å². The molecule has 0 aromatic carbocycles. The first-order valence-electron chi connectivity index (χ1n) is 5.43. The van der Waals surface area contributed by atoms with E-state index in [1.54, 1.807) is 6.07 Å². The fourth-order valence-electron chi connectivity index (χ4n) is 1.82. The molecule has 0 spiro atoms. The Labute approximate surface area is 106 Å². The summed E-state index contributed by atoms with van der Waals surface area (Å²) in [4.78, 5) is 4.02. The molecule has 6 heteroatoms. The summed E-state index contributed by atoms with van der Waals surface area (Å²) in [5, 5.41) is 0.516. The number of hydrazine groups is 1. The lowest BCUT2D eigenvalue weighted by Crippen LogP contribution is -2.45. The van der Waals surface area contributed by atoms with Crippen molar-refractivity contribution >= 4 is 17.4 Å². The highest BCUT2D eigenvalue weighted by Gasteiger charge is 2.32. The quantitative estimate of drug-likeness (QED) is 0.552. The molecule has 1 heterocycles. The molecule has 17 heavy (non-hydrogen) atoms. The molecular formula is C11H19ClN4O. The van der Waals surface area contributed by atoms with Crippen LogP contribution < -0.4 is 17.0 Å². The van der Waals surface area contributed by atoms with Crippen molar-refractivity contribution in [2.45, 2.75) is 32.4 Å². The van der Waals surface area contributed by atoms with Crippen molar-refractivity contribution in [3.05, 3.63) is 22.8 Å². The van der Waals surface area contributed by atoms with E-state index in [4.69, 9.17) is 27.9 Å². The lowest BCUT2D eigenvalue weighted by molar-refractivity contribution is -0.0391. The van der Waals surface area contributed by atoms with E-state index < -0.39 is 5.60 Å². The number of halogens is 1. The Morgan fingerprint density at radius 1 is 1.59 bits per heavy atom. The van der Waals surface area contributed by atoms with E-state index in [-0.39, 0.29) is 6.04 Å². The van der Waals surface area contributed by atoms with E-state index in [1.807, 2.05) is 20.8 Å². The summed E-state index contributed by atoms with van der Waals surface area (Å²) in [5.41, 5.74) is 8.77. The van der Waals surface area contributed by atoms with Crippen LogP contribution in [-0.2, 0) is 4.74 Å². The highest BCUT2D eigenvalue weighted by Crippen LogP contribution is 2.32. The van der Waals surface area contributed by atoms with Crippen LogP contribution in [0.4, 0.5) is 5.82 Å². The van der Waals surface area contributed by atoms with Gasteiger partial charge in [-0.15, -0.1) is 0 Å². The minimum absolute atomic E-state index is 0.284. The normalized spacial score (nSPS) is 13.7. The van der Waals surface area contributed by atoms with E-state index in [0.29, 0.717) is 17.4 Å². The summed E-state index contributed by atoms with van der Waals surface area (Å²) in [6, 6.07) is 1.46. The molecule has 0 bridgehead atoms. The van der Waals surface area contributed by atoms with Crippen molar-refractivity contribution in [1.82, 2.24) is 10.4 Å². The Morgan fingerprint density at radius 3 is 2.76 bits per heavy atom. The van der Waals surface area contributed by atoms with Gasteiger partial charge in [-0.05, 0) is 26.8 Å². The van der Waals surface area contributed by atoms with Gasteiger partial charge in [-0.25, -0.2) is 10.4 Å². The molecule has 0 saturated carbocycles. The van der Waals surface area contributed by atoms with Gasteiger partial charge in [0.25, 0.3) is 0 Å². The summed E-state index contributed by atoms with van der Waals surface area (Å²) in [7, 11) is 0. The Hall–Kier alpha value is -0.880. The number of aromatic nitrogens is 1. The molecule has 5 nitrogen and oxygen atoms in total. The van der Waals surface area contributed by atoms with Crippen LogP contribution in [0.5, 0.6) is 0 Å². The number of hydrogen-bond acceptors (Lipinski definition) is 5. The molecule has 0 fully saturated rings. The average molecular weight is 259 g/mol. The lowest BCUT2D eigenvalue weighted by Gasteiger charge is -2.34. The van der Waals surface area contributed by atoms with Crippen molar-refractivity contribution in [1.29, 1.82) is 0 Å². The Balaban J connectivity index is 3.13. The Kier molecular flexibility index (Phi) is 4.70. The van der Waals surface area contributed by atoms with Gasteiger partial charge in [-0.1, -0.05) is 11.6 Å². The third-order valence-corrected chi connectivity index (χ3v) is 2.81. The molecule has 1 atom stereocenters. The fraction of sp³-hybridized carbons (Fsp3) is 0.545. The number of nitrogens with one attached hydrogen (secondary N) is 1. The maximum atomic E-state index is 5.92. The van der Waals surface area contributed by atoms with Crippen LogP contribution in [-0.4, -0.2) is 17.2 Å². The summed E-state index contributed by atoms with van der Waals surface area (Å²) in [6.45, 7) is 6.37. The number of ether oxygens (including phenoxy) is 1. The van der Waals surface area contributed by atoms with E-state index in [2.05, 4.69) is 10.4 Å². The molecule has 0 radical (unpaired) electrons. The van der Waals surface area contributed by atoms with Gasteiger partial charge in [-0.3, -0.25) is 5.84 Å². The van der Waals surface area contributed by atoms with Gasteiger partial charge in [0, 0.05) is 18.4 Å². The van der Waals surface area contributed by atoms with Crippen LogP contribution in [0.2, 0.25) is 5.02 Å². The van der Waals surface area contributed by atoms with Crippen molar-refractivity contribution in [3.8, 4) is 0 Å². The highest BCUT2D eigenvalue weighted by atomic mass is 35.5. The molecule has 0 saturated heterocycles. The predicted molar refractivity (Wildman–Crippen MR) is 69.4 cm³/mol. The zero-order valence-corrected chi connectivity index (χ0v) is 11.1. The minimum Gasteiger partial charge on any atom is -0.383 e. The van der Waals surface area contributed by atoms with Crippen molar-refractivity contribution < 1.29 is 4.74 Å². The molecule has 0 aliphatic heterocycles. The standard InChI is InChI=1S/C11H19ClN4O/c1-4-17-11(2,3)9(16-14)8-5-7(12)6-15-10(8)13/h5-6,9,16H,4,14H2,1-3H3,(H2,13,15). The van der Waals surface area contributed by atoms with E-state index >= 15 is 0 Å². The number of rotatable bonds is 5. The molecule has 0 aliphatic carbocycles. The summed E-state index contributed by atoms with van der Waals surface area (Å²) >= 11 is 5.92. The predicted octanol–water partition coefficient (Wildman–Crippen LogP) is 1.64. The van der Waals surface area contributed by atoms with Crippen molar-refractivity contribution in [2.75, 3.05) is 12.3 Å². The van der Waals surface area contributed by atoms with Gasteiger partial charge in [0.05, 0.1) is 16.7 Å². The number of hydrogen-bond donors (Lipinski definition) is 3. The lowest BCUT2D eigenvalue weighted by atomic mass is 9.92. The van der Waals surface area contributed by atoms with E-state index in [1.165, 1.54) is 6.20 Å². The van der Waals surface area contributed by atoms with Crippen molar-refractivity contribution in [2.24, 2.45) is 5.84 Å². The van der Waals surface area contributed by atoms with Gasteiger partial charge in [0.1, 0.15) is 5.82 Å². The summed E-state index contributed by atoms with van der Waals surface area (Å²) in [6.07, 6.45) is 1.50. The number of anilines is 1. The maximum absolute atomic E-state index is 5.92. The minimum atomic E-state index is -0.510. The SMILES string of the molecule is CCOC(C)(C)C(NN)c1cc(Cl)cnc1N. The number of pyridine rings is 1. The molecule has 96 valence electrons. The first-order chi connectivity index (χ1) is 7.92. The van der Waals surface area contributed by atoms with Gasteiger partial charge in [0.2, 0.25) is 0 Å². The largest absolute Gasteiger partial charge is 0.383 e. The number of nitrogen functional groups attached to an aromatic ring is 1. The maximum Gasteiger partial charge on any atom is 0.128 e. The van der Waals surface area contributed by atoms with Crippen molar-refractivity contribution in [3.63, 3.8) is 0 Å². The van der Waals surface area contributed by atoms with Gasteiger partial charge < -0.3 is 10.5 Å². The smallest absolute Gasteiger partial charge is 0.128 e. The Morgan fingerprint density at radius 2 is 2.24 bits per heavy atom. The number of nitrogens with two attached hydrogens (primary N) is 2. The first kappa shape index (κ1) is 14.2. The molecule has 1 aromatic rings. The molecule has 0 aliphatic rings. The van der Waals surface area contributed by atoms with Crippen LogP contribution in [0.1, 0.15) is 32.4 Å². The van der Waals surface area contributed by atoms with Gasteiger partial charge in [-0.2, -0.15) is 0 Å². The molecule has 0 amide bonds. The topological polar surface area (TPSA) is 86.2 Å². The summed E-state index contributed by atoms with van der Waals surface area (Å²) < 4.78 is 5.66. The van der Waals surface area contributed by atoms with Crippen LogP contribution in [0.25, 0.3) is 0 Å². The molecule has 5 N–H and O–H groups in total. The third kappa shape index (κ3) is 3.29. The monoisotopic (exact) mass is 258 g/mol. The second-order valence-corrected chi connectivity index (χ2v) is 4.70. The molecule has 1 rings (SSSR count). The van der Waals surface area contributed by atoms with Gasteiger partial charge >= 0.3 is 0 Å². The molecule has 1 aromatic heterocycles. The molecular weight excluding hydrogens is 240 g/mol. The van der Waals surface area contributed by atoms with Crippen LogP contribution in [0.15, 0.2) is 12.3 Å². The summed E-state index contributed by atoms with van der Waals surface area (Å²) in [5.74, 6) is 5.98. The zero-order valence-electron chi connectivity index (χ0n) is 10.3. The third-order valence-electron chi connectivity index (χ3n) is 2.61. The average Bonchev–Trinajstić information content (AvgIpc) is 2.23. The van der Waals surface area contributed by atoms with Crippen LogP contribution in [0.3, 0.4) is 0 Å². The van der Waals surface area contributed by atoms with Crippen LogP contribution >= 0.6 is 11.6 Å². The zero-order chi connectivity index (χ0) is 13.1. The van der Waals surface area contributed by atoms with Crippen LogP contribution in [0, 0.1) is 0 Å². The second kappa shape index (κ2) is 5.64. The first-order valence-corrected chi connectivity index (χ1v) is 5.81. The second-order valence-electron chi connectivity index (χ2n) is 4.26. The van der Waals surface area contributed by atoms with Gasteiger partial charge in [0.15, 0.2) is 0 Å². The Bertz CT molecular complexity index is 384. The highest BCUT2D eigenvalue weighted by molar-refractivity contribution is 6.30.